The van der Waals surface area contributed by atoms with Crippen LogP contribution in [0.2, 0.25) is 0 Å². The van der Waals surface area contributed by atoms with Crippen molar-refractivity contribution in [3.8, 4) is 17.2 Å². The average molecular weight is 310 g/mol. The van der Waals surface area contributed by atoms with E-state index < -0.39 is 47.6 Å². The van der Waals surface area contributed by atoms with E-state index in [-0.39, 0.29) is 23.3 Å². The number of rotatable bonds is 4. The molecule has 0 bridgehead atoms. The van der Waals surface area contributed by atoms with Crippen LogP contribution in [0.25, 0.3) is 0 Å². The maximum Gasteiger partial charge on any atom is 0.173 e. The summed E-state index contributed by atoms with van der Waals surface area (Å²) < 4.78 is 4.87. The lowest BCUT2D eigenvalue weighted by Crippen LogP contribution is -2.40. The van der Waals surface area contributed by atoms with E-state index in [2.05, 4.69) is 0 Å². The number of methoxy groups -OCH3 is 1. The maximum absolute atomic E-state index is 12.6. The largest absolute Gasteiger partial charge is 0.507 e. The minimum absolute atomic E-state index is 0.0351. The zero-order chi connectivity index (χ0) is 16.6. The molecule has 0 fully saturated rings. The maximum atomic E-state index is 12.6. The molecule has 0 saturated heterocycles. The minimum atomic E-state index is -1.06. The Hall–Kier alpha value is -2.12. The van der Waals surface area contributed by atoms with Crippen molar-refractivity contribution in [1.29, 1.82) is 0 Å². The van der Waals surface area contributed by atoms with Gasteiger partial charge in [0, 0.05) is 12.0 Å². The first-order valence-corrected chi connectivity index (χ1v) is 6.83. The predicted octanol–water partition coefficient (Wildman–Crippen LogP) is 0.481. The van der Waals surface area contributed by atoms with Gasteiger partial charge in [-0.25, -0.2) is 0 Å². The fourth-order valence-electron chi connectivity index (χ4n) is 2.86. The van der Waals surface area contributed by atoms with Gasteiger partial charge in [0.1, 0.15) is 5.75 Å². The number of carbonyl (C=O) groups excluding carboxylic acids is 2. The molecule has 2 rings (SSSR count). The Bertz CT molecular complexity index is 621. The molecule has 0 spiro atoms. The molecule has 3 atom stereocenters. The van der Waals surface area contributed by atoms with Gasteiger partial charge in [0.15, 0.2) is 23.1 Å². The molecule has 4 N–H and O–H groups in total. The molecule has 22 heavy (non-hydrogen) atoms. The summed E-state index contributed by atoms with van der Waals surface area (Å²) >= 11 is 0. The van der Waals surface area contributed by atoms with Crippen LogP contribution in [0.3, 0.4) is 0 Å². The Morgan fingerprint density at radius 3 is 2.27 bits per heavy atom. The van der Waals surface area contributed by atoms with Crippen LogP contribution in [0, 0.1) is 11.8 Å². The molecule has 0 saturated carbocycles. The smallest absolute Gasteiger partial charge is 0.173 e. The first-order valence-electron chi connectivity index (χ1n) is 6.83. The number of aliphatic hydroxyl groups excluding tert-OH is 2. The molecule has 120 valence electrons. The molecule has 7 heteroatoms. The number of hydrogen-bond acceptors (Lipinski definition) is 7. The van der Waals surface area contributed by atoms with Gasteiger partial charge in [-0.15, -0.1) is 0 Å². The van der Waals surface area contributed by atoms with Crippen molar-refractivity contribution in [3.05, 3.63) is 17.2 Å². The number of phenolic OH excluding ortho intramolecular Hbond substituents is 2. The van der Waals surface area contributed by atoms with E-state index in [0.717, 1.165) is 6.07 Å². The van der Waals surface area contributed by atoms with Crippen LogP contribution in [-0.2, 0) is 0 Å². The Kier molecular flexibility index (Phi) is 4.39. The summed E-state index contributed by atoms with van der Waals surface area (Å²) in [6.07, 6.45) is -0.897. The highest BCUT2D eigenvalue weighted by Crippen LogP contribution is 2.45. The van der Waals surface area contributed by atoms with Gasteiger partial charge in [-0.1, -0.05) is 0 Å². The zero-order valence-corrected chi connectivity index (χ0v) is 12.2. The Balaban J connectivity index is 2.67. The van der Waals surface area contributed by atoms with Gasteiger partial charge in [0.2, 0.25) is 0 Å². The van der Waals surface area contributed by atoms with Crippen molar-refractivity contribution >= 4 is 11.6 Å². The van der Waals surface area contributed by atoms with E-state index in [1.165, 1.54) is 14.0 Å². The summed E-state index contributed by atoms with van der Waals surface area (Å²) in [6, 6.07) is 1.04. The number of fused-ring (bicyclic) bond motifs is 1. The third kappa shape index (κ3) is 2.42. The van der Waals surface area contributed by atoms with Gasteiger partial charge >= 0.3 is 0 Å². The summed E-state index contributed by atoms with van der Waals surface area (Å²) in [7, 11) is 1.25. The lowest BCUT2D eigenvalue weighted by atomic mass is 9.71. The third-order valence-electron chi connectivity index (χ3n) is 3.91. The van der Waals surface area contributed by atoms with Crippen LogP contribution in [0.4, 0.5) is 0 Å². The van der Waals surface area contributed by atoms with Crippen LogP contribution in [0.1, 0.15) is 34.1 Å². The summed E-state index contributed by atoms with van der Waals surface area (Å²) in [5, 5.41) is 39.0. The van der Waals surface area contributed by atoms with Gasteiger partial charge in [-0.05, 0) is 13.3 Å². The molecule has 7 nitrogen and oxygen atoms in total. The molecule has 0 radical (unpaired) electrons. The van der Waals surface area contributed by atoms with Crippen molar-refractivity contribution in [2.75, 3.05) is 13.7 Å². The van der Waals surface area contributed by atoms with Crippen molar-refractivity contribution in [2.45, 2.75) is 19.4 Å². The van der Waals surface area contributed by atoms with E-state index in [9.17, 15) is 30.0 Å². The number of aliphatic hydroxyl groups is 2. The Morgan fingerprint density at radius 1 is 1.18 bits per heavy atom. The zero-order valence-electron chi connectivity index (χ0n) is 12.2. The van der Waals surface area contributed by atoms with Crippen molar-refractivity contribution in [1.82, 2.24) is 0 Å². The van der Waals surface area contributed by atoms with Gasteiger partial charge in [-0.3, -0.25) is 9.59 Å². The molecule has 0 aliphatic heterocycles. The van der Waals surface area contributed by atoms with Crippen LogP contribution in [0.5, 0.6) is 17.2 Å². The number of hydrogen-bond donors (Lipinski definition) is 4. The van der Waals surface area contributed by atoms with Crippen molar-refractivity contribution in [3.63, 3.8) is 0 Å². The van der Waals surface area contributed by atoms with E-state index in [1.807, 2.05) is 0 Å². The molecule has 0 heterocycles. The second-order valence-corrected chi connectivity index (χ2v) is 5.41. The number of Topliss-reactive ketones (excluding diaryl/α,β-unsaturated/α-hetero) is 2. The highest BCUT2D eigenvalue weighted by atomic mass is 16.5. The fraction of sp³-hybridized carbons (Fsp3) is 0.467. The quantitative estimate of drug-likeness (QED) is 0.596. The Morgan fingerprint density at radius 2 is 1.77 bits per heavy atom. The standard InChI is InChI=1S/C15H18O7/c1-6(17)3-7-8(5-16)14(20)11-9(18)4-10(22-2)15(21)12(11)13(7)19/h4,6-8,16-18,21H,3,5H2,1-2H3/t6-,7+,8+/m0/s1. The molecule has 0 amide bonds. The molecule has 1 aromatic carbocycles. The molecular formula is C15H18O7. The molecular weight excluding hydrogens is 292 g/mol. The van der Waals surface area contributed by atoms with Crippen LogP contribution < -0.4 is 4.74 Å². The molecule has 1 aromatic rings. The van der Waals surface area contributed by atoms with Crippen LogP contribution in [0.15, 0.2) is 6.07 Å². The Labute approximate surface area is 126 Å². The number of ketones is 2. The van der Waals surface area contributed by atoms with Crippen molar-refractivity contribution in [2.24, 2.45) is 11.8 Å². The SMILES string of the molecule is COc1cc(O)c2c(c1O)C(=O)[C@H](C[C@H](C)O)[C@@H](CO)C2=O. The van der Waals surface area contributed by atoms with E-state index >= 15 is 0 Å². The summed E-state index contributed by atoms with van der Waals surface area (Å²) in [5.41, 5.74) is -0.638. The van der Waals surface area contributed by atoms with Gasteiger partial charge in [-0.2, -0.15) is 0 Å². The van der Waals surface area contributed by atoms with E-state index in [0.29, 0.717) is 0 Å². The third-order valence-corrected chi connectivity index (χ3v) is 3.91. The number of aromatic hydroxyl groups is 2. The van der Waals surface area contributed by atoms with E-state index in [4.69, 9.17) is 4.74 Å². The average Bonchev–Trinajstić information content (AvgIpc) is 2.46. The fourth-order valence-corrected chi connectivity index (χ4v) is 2.86. The first kappa shape index (κ1) is 16.3. The van der Waals surface area contributed by atoms with Gasteiger partial charge in [0.25, 0.3) is 0 Å². The lowest BCUT2D eigenvalue weighted by Gasteiger charge is -2.31. The highest BCUT2D eigenvalue weighted by Gasteiger charge is 2.45. The summed E-state index contributed by atoms with van der Waals surface area (Å²) in [6.45, 7) is 0.873. The van der Waals surface area contributed by atoms with Gasteiger partial charge in [0.05, 0.1) is 36.9 Å². The van der Waals surface area contributed by atoms with Crippen LogP contribution >= 0.6 is 0 Å². The van der Waals surface area contributed by atoms with Gasteiger partial charge < -0.3 is 25.2 Å². The summed E-state index contributed by atoms with van der Waals surface area (Å²) in [4.78, 5) is 25.1. The van der Waals surface area contributed by atoms with E-state index in [1.54, 1.807) is 0 Å². The predicted molar refractivity (Wildman–Crippen MR) is 75.3 cm³/mol. The monoisotopic (exact) mass is 310 g/mol. The number of ether oxygens (including phenoxy) is 1. The molecule has 1 aliphatic carbocycles. The highest BCUT2D eigenvalue weighted by molar-refractivity contribution is 6.19. The molecule has 1 aliphatic rings. The second kappa shape index (κ2) is 5.94. The normalized spacial score (nSPS) is 22.4. The van der Waals surface area contributed by atoms with Crippen LogP contribution in [-0.4, -0.2) is 51.8 Å². The second-order valence-electron chi connectivity index (χ2n) is 5.41. The molecule has 0 unspecified atom stereocenters. The minimum Gasteiger partial charge on any atom is -0.507 e. The topological polar surface area (TPSA) is 124 Å². The van der Waals surface area contributed by atoms with Crippen molar-refractivity contribution < 1.29 is 34.8 Å². The number of carbonyl (C=O) groups is 2. The summed E-state index contributed by atoms with van der Waals surface area (Å²) in [5.74, 6) is -4.43. The number of phenols is 2. The lowest BCUT2D eigenvalue weighted by molar-refractivity contribution is 0.0557. The number of benzene rings is 1. The molecule has 0 aromatic heterocycles. The first-order chi connectivity index (χ1) is 10.3.